The van der Waals surface area contributed by atoms with Gasteiger partial charge < -0.3 is 10.1 Å². The Morgan fingerprint density at radius 3 is 2.70 bits per heavy atom. The van der Waals surface area contributed by atoms with Crippen LogP contribution in [0, 0.1) is 0 Å². The number of pyridine rings is 1. The molecule has 0 bridgehead atoms. The summed E-state index contributed by atoms with van der Waals surface area (Å²) in [4.78, 5) is 24.1. The number of thioether (sulfide) groups is 1. The van der Waals surface area contributed by atoms with Gasteiger partial charge >= 0.3 is 0 Å². The fourth-order valence-electron chi connectivity index (χ4n) is 3.91. The molecule has 0 amide bonds. The number of nitrogens with one attached hydrogen (secondary N) is 1. The van der Waals surface area contributed by atoms with Gasteiger partial charge in [0.1, 0.15) is 11.4 Å². The maximum absolute atomic E-state index is 13.8. The minimum Gasteiger partial charge on any atom is -0.496 e. The number of aryl methyl sites for hydroxylation is 1. The summed E-state index contributed by atoms with van der Waals surface area (Å²) in [5.41, 5.74) is 2.19. The summed E-state index contributed by atoms with van der Waals surface area (Å²) in [7, 11) is 1.67. The van der Waals surface area contributed by atoms with Crippen LogP contribution in [-0.2, 0) is 6.54 Å². The number of unbranched alkanes of at least 4 members (excludes halogenated alkanes) is 3. The van der Waals surface area contributed by atoms with Gasteiger partial charge in [-0.1, -0.05) is 49.0 Å². The van der Waals surface area contributed by atoms with Crippen LogP contribution < -0.4 is 15.6 Å². The first-order valence-corrected chi connectivity index (χ1v) is 13.5. The zero-order valence-corrected chi connectivity index (χ0v) is 21.9. The smallest absolute Gasteiger partial charge is 0.260 e. The second-order valence-electron chi connectivity index (χ2n) is 8.38. The van der Waals surface area contributed by atoms with Crippen LogP contribution in [0.1, 0.15) is 52.4 Å². The molecule has 0 saturated heterocycles. The number of aromatic nitrogens is 3. The second-order valence-corrected chi connectivity index (χ2v) is 10.5. The van der Waals surface area contributed by atoms with Gasteiger partial charge in [-0.05, 0) is 43.2 Å². The Labute approximate surface area is 207 Å². The summed E-state index contributed by atoms with van der Waals surface area (Å²) in [6.45, 7) is 4.95. The summed E-state index contributed by atoms with van der Waals surface area (Å²) < 4.78 is 8.23. The highest BCUT2D eigenvalue weighted by Gasteiger charge is 2.23. The molecule has 0 unspecified atom stereocenters. The van der Waals surface area contributed by atoms with Gasteiger partial charge in [-0.15, -0.1) is 11.8 Å². The Balaban J connectivity index is 1.84. The van der Waals surface area contributed by atoms with Crippen LogP contribution in [-0.4, -0.2) is 33.4 Å². The number of hydrogen-bond acceptors (Lipinski definition) is 6. The molecule has 176 valence electrons. The van der Waals surface area contributed by atoms with Crippen LogP contribution in [0.5, 0.6) is 5.75 Å². The van der Waals surface area contributed by atoms with E-state index in [0.29, 0.717) is 29.7 Å². The average molecular weight is 532 g/mol. The van der Waals surface area contributed by atoms with E-state index in [0.717, 1.165) is 70.3 Å². The Bertz CT molecular complexity index is 1190. The molecule has 0 aliphatic heterocycles. The van der Waals surface area contributed by atoms with Crippen LogP contribution >= 0.6 is 27.7 Å². The first-order chi connectivity index (χ1) is 16.0. The number of hydrogen-bond donors (Lipinski definition) is 1. The summed E-state index contributed by atoms with van der Waals surface area (Å²) in [6, 6.07) is 6.37. The summed E-state index contributed by atoms with van der Waals surface area (Å²) in [5, 5.41) is 4.23. The number of nitrogens with zero attached hydrogens (tertiary/aromatic N) is 3. The van der Waals surface area contributed by atoms with Gasteiger partial charge in [0.15, 0.2) is 0 Å². The Kier molecular flexibility index (Phi) is 7.96. The highest BCUT2D eigenvalue weighted by Crippen LogP contribution is 2.38. The largest absolute Gasteiger partial charge is 0.496 e. The molecule has 1 aliphatic carbocycles. The first-order valence-electron chi connectivity index (χ1n) is 11.7. The average Bonchev–Trinajstić information content (AvgIpc) is 3.63. The molecule has 2 aromatic heterocycles. The van der Waals surface area contributed by atoms with E-state index in [4.69, 9.17) is 9.72 Å². The molecular formula is C25H31BrN4O2S. The predicted molar refractivity (Wildman–Crippen MR) is 141 cm³/mol. The summed E-state index contributed by atoms with van der Waals surface area (Å²) in [5.74, 6) is 2.32. The van der Waals surface area contributed by atoms with Crippen molar-refractivity contribution in [2.75, 3.05) is 18.2 Å². The molecule has 1 aliphatic rings. The van der Waals surface area contributed by atoms with Gasteiger partial charge in [-0.3, -0.25) is 9.36 Å². The zero-order valence-electron chi connectivity index (χ0n) is 19.5. The molecule has 0 atom stereocenters. The van der Waals surface area contributed by atoms with Gasteiger partial charge in [-0.25, -0.2) is 4.98 Å². The Hall–Kier alpha value is -2.06. The molecule has 33 heavy (non-hydrogen) atoms. The number of halogens is 1. The zero-order chi connectivity index (χ0) is 23.4. The third-order valence-electron chi connectivity index (χ3n) is 5.82. The molecule has 1 aromatic carbocycles. The number of fused-ring (bicyclic) bond motifs is 1. The van der Waals surface area contributed by atoms with Crippen LogP contribution in [0.15, 0.2) is 38.6 Å². The van der Waals surface area contributed by atoms with Crippen molar-refractivity contribution < 1.29 is 4.74 Å². The van der Waals surface area contributed by atoms with Crippen molar-refractivity contribution in [3.8, 4) is 16.9 Å². The van der Waals surface area contributed by atoms with E-state index < -0.39 is 0 Å². The lowest BCUT2D eigenvalue weighted by Crippen LogP contribution is -2.24. The van der Waals surface area contributed by atoms with Crippen molar-refractivity contribution >= 4 is 44.7 Å². The quantitative estimate of drug-likeness (QED) is 0.225. The van der Waals surface area contributed by atoms with Crippen molar-refractivity contribution in [1.29, 1.82) is 0 Å². The standard InChI is InChI=1S/C25H31BrN4O2S/c1-4-6-7-8-11-30-23-16(15-27-25(29-23)28-17-9-10-17)12-19(24(30)31)18-13-22(33-5-2)21(32-3)14-20(18)26/h12-15,17H,4-11H2,1-3H3,(H,27,28,29). The van der Waals surface area contributed by atoms with Gasteiger partial charge in [0, 0.05) is 39.8 Å². The van der Waals surface area contributed by atoms with E-state index in [2.05, 4.69) is 40.1 Å². The normalized spacial score (nSPS) is 13.5. The third kappa shape index (κ3) is 5.54. The lowest BCUT2D eigenvalue weighted by atomic mass is 10.1. The van der Waals surface area contributed by atoms with Gasteiger partial charge in [0.05, 0.1) is 12.0 Å². The molecule has 1 fully saturated rings. The van der Waals surface area contributed by atoms with Crippen LogP contribution in [0.4, 0.5) is 5.95 Å². The monoisotopic (exact) mass is 530 g/mol. The number of methoxy groups -OCH3 is 1. The summed E-state index contributed by atoms with van der Waals surface area (Å²) >= 11 is 5.38. The molecule has 1 N–H and O–H groups in total. The van der Waals surface area contributed by atoms with Crippen LogP contribution in [0.3, 0.4) is 0 Å². The fourth-order valence-corrected chi connectivity index (χ4v) is 5.24. The molecule has 3 aromatic rings. The van der Waals surface area contributed by atoms with E-state index in [-0.39, 0.29) is 5.56 Å². The number of benzene rings is 1. The topological polar surface area (TPSA) is 69.0 Å². The van der Waals surface area contributed by atoms with Crippen molar-refractivity contribution in [1.82, 2.24) is 14.5 Å². The van der Waals surface area contributed by atoms with Gasteiger partial charge in [-0.2, -0.15) is 4.98 Å². The maximum Gasteiger partial charge on any atom is 0.260 e. The molecular weight excluding hydrogens is 500 g/mol. The van der Waals surface area contributed by atoms with Gasteiger partial charge in [0.25, 0.3) is 5.56 Å². The van der Waals surface area contributed by atoms with Crippen molar-refractivity contribution in [3.63, 3.8) is 0 Å². The van der Waals surface area contributed by atoms with Crippen molar-refractivity contribution in [2.45, 2.75) is 69.9 Å². The second kappa shape index (κ2) is 10.9. The van der Waals surface area contributed by atoms with Crippen LogP contribution in [0.2, 0.25) is 0 Å². The van der Waals surface area contributed by atoms with Crippen molar-refractivity contribution in [2.24, 2.45) is 0 Å². The molecule has 0 radical (unpaired) electrons. The number of anilines is 1. The van der Waals surface area contributed by atoms with Crippen molar-refractivity contribution in [3.05, 3.63) is 39.2 Å². The Morgan fingerprint density at radius 1 is 1.18 bits per heavy atom. The van der Waals surface area contributed by atoms with E-state index in [1.54, 1.807) is 18.9 Å². The van der Waals surface area contributed by atoms with Crippen LogP contribution in [0.25, 0.3) is 22.2 Å². The molecule has 6 nitrogen and oxygen atoms in total. The summed E-state index contributed by atoms with van der Waals surface area (Å²) in [6.07, 6.45) is 8.49. The molecule has 1 saturated carbocycles. The highest BCUT2D eigenvalue weighted by molar-refractivity contribution is 9.10. The van der Waals surface area contributed by atoms with E-state index in [1.165, 1.54) is 0 Å². The molecule has 4 rings (SSSR count). The maximum atomic E-state index is 13.8. The van der Waals surface area contributed by atoms with E-state index in [1.807, 2.05) is 29.0 Å². The minimum atomic E-state index is -0.0200. The SMILES string of the molecule is CCCCCCn1c(=O)c(-c2cc(SCC)c(OC)cc2Br)cc2cnc(NC3CC3)nc21. The Morgan fingerprint density at radius 2 is 2.00 bits per heavy atom. The lowest BCUT2D eigenvalue weighted by Gasteiger charge is -2.16. The molecule has 0 spiro atoms. The number of ether oxygens (including phenoxy) is 1. The fraction of sp³-hybridized carbons (Fsp3) is 0.480. The number of rotatable bonds is 11. The third-order valence-corrected chi connectivity index (χ3v) is 7.39. The minimum absolute atomic E-state index is 0.0200. The lowest BCUT2D eigenvalue weighted by molar-refractivity contribution is 0.404. The highest BCUT2D eigenvalue weighted by atomic mass is 79.9. The first kappa shape index (κ1) is 24.1. The predicted octanol–water partition coefficient (Wildman–Crippen LogP) is 6.50. The van der Waals surface area contributed by atoms with E-state index >= 15 is 0 Å². The molecule has 2 heterocycles. The van der Waals surface area contributed by atoms with E-state index in [9.17, 15) is 4.79 Å². The van der Waals surface area contributed by atoms with Gasteiger partial charge in [0.2, 0.25) is 5.95 Å². The molecule has 8 heteroatoms.